The average Bonchev–Trinajstić information content (AvgIpc) is 2.86. The van der Waals surface area contributed by atoms with E-state index in [-0.39, 0.29) is 6.61 Å². The van der Waals surface area contributed by atoms with Crippen molar-refractivity contribution in [3.63, 3.8) is 0 Å². The maximum atomic E-state index is 12.0. The van der Waals surface area contributed by atoms with Crippen molar-refractivity contribution in [2.24, 2.45) is 0 Å². The number of anilines is 1. The first kappa shape index (κ1) is 15.4. The van der Waals surface area contributed by atoms with Crippen LogP contribution >= 0.6 is 11.6 Å². The molecule has 0 radical (unpaired) electrons. The molecule has 0 atom stereocenters. The third-order valence-corrected chi connectivity index (χ3v) is 3.30. The lowest BCUT2D eigenvalue weighted by Gasteiger charge is -2.07. The Labute approximate surface area is 128 Å². The first-order valence-electron chi connectivity index (χ1n) is 6.82. The summed E-state index contributed by atoms with van der Waals surface area (Å²) in [7, 11) is 0. The zero-order valence-corrected chi connectivity index (χ0v) is 12.9. The van der Waals surface area contributed by atoms with Crippen LogP contribution < -0.4 is 5.73 Å². The molecule has 21 heavy (non-hydrogen) atoms. The van der Waals surface area contributed by atoms with Gasteiger partial charge in [0.05, 0.1) is 17.0 Å². The van der Waals surface area contributed by atoms with E-state index in [0.717, 1.165) is 24.4 Å². The Morgan fingerprint density at radius 3 is 2.71 bits per heavy atom. The number of halogens is 1. The van der Waals surface area contributed by atoms with Gasteiger partial charge >= 0.3 is 5.97 Å². The van der Waals surface area contributed by atoms with Crippen molar-refractivity contribution in [1.82, 2.24) is 9.78 Å². The molecular formula is C15H18ClN3O2. The molecule has 0 spiro atoms. The molecule has 2 aromatic rings. The van der Waals surface area contributed by atoms with Gasteiger partial charge in [-0.05, 0) is 37.6 Å². The summed E-state index contributed by atoms with van der Waals surface area (Å²) in [5.74, 6) is -0.453. The number of esters is 1. The monoisotopic (exact) mass is 307 g/mol. The van der Waals surface area contributed by atoms with Crippen LogP contribution in [-0.4, -0.2) is 15.7 Å². The second kappa shape index (κ2) is 6.63. The first-order valence-corrected chi connectivity index (χ1v) is 7.20. The SMILES string of the molecule is CCc1cc(COC(=O)c2cc(N)cc(Cl)c2)n(CC)n1. The minimum absolute atomic E-state index is 0.173. The van der Waals surface area contributed by atoms with Crippen LogP contribution in [0.2, 0.25) is 5.02 Å². The molecule has 1 aromatic carbocycles. The van der Waals surface area contributed by atoms with Gasteiger partial charge in [0.15, 0.2) is 0 Å². The van der Waals surface area contributed by atoms with Crippen LogP contribution in [0.25, 0.3) is 0 Å². The Balaban J connectivity index is 2.08. The van der Waals surface area contributed by atoms with Crippen molar-refractivity contribution in [3.8, 4) is 0 Å². The molecule has 0 fully saturated rings. The zero-order valence-electron chi connectivity index (χ0n) is 12.1. The van der Waals surface area contributed by atoms with Gasteiger partial charge in [-0.25, -0.2) is 4.79 Å². The van der Waals surface area contributed by atoms with E-state index >= 15 is 0 Å². The summed E-state index contributed by atoms with van der Waals surface area (Å²) in [6.45, 7) is 4.94. The van der Waals surface area contributed by atoms with E-state index in [9.17, 15) is 4.79 Å². The summed E-state index contributed by atoms with van der Waals surface area (Å²) < 4.78 is 7.14. The summed E-state index contributed by atoms with van der Waals surface area (Å²) in [6.07, 6.45) is 0.846. The summed E-state index contributed by atoms with van der Waals surface area (Å²) in [5.41, 5.74) is 8.30. The molecule has 0 unspecified atom stereocenters. The van der Waals surface area contributed by atoms with Crippen molar-refractivity contribution in [2.45, 2.75) is 33.4 Å². The first-order chi connectivity index (χ1) is 10.0. The number of ether oxygens (including phenoxy) is 1. The van der Waals surface area contributed by atoms with Gasteiger partial charge in [0.25, 0.3) is 0 Å². The van der Waals surface area contributed by atoms with E-state index in [4.69, 9.17) is 22.1 Å². The second-order valence-electron chi connectivity index (χ2n) is 4.65. The highest BCUT2D eigenvalue weighted by atomic mass is 35.5. The van der Waals surface area contributed by atoms with E-state index in [1.54, 1.807) is 12.1 Å². The normalized spacial score (nSPS) is 10.6. The summed E-state index contributed by atoms with van der Waals surface area (Å²) in [5, 5.41) is 4.82. The maximum Gasteiger partial charge on any atom is 0.338 e. The van der Waals surface area contributed by atoms with Gasteiger partial charge in [-0.1, -0.05) is 18.5 Å². The Morgan fingerprint density at radius 2 is 2.10 bits per heavy atom. The van der Waals surface area contributed by atoms with E-state index in [1.165, 1.54) is 6.07 Å². The molecule has 112 valence electrons. The summed E-state index contributed by atoms with van der Waals surface area (Å²) in [4.78, 5) is 12.0. The van der Waals surface area contributed by atoms with E-state index in [2.05, 4.69) is 5.10 Å². The Hall–Kier alpha value is -2.01. The number of rotatable bonds is 5. The molecule has 0 aliphatic carbocycles. The number of nitrogens with zero attached hydrogens (tertiary/aromatic N) is 2. The van der Waals surface area contributed by atoms with Gasteiger partial charge in [-0.3, -0.25) is 4.68 Å². The largest absolute Gasteiger partial charge is 0.456 e. The van der Waals surface area contributed by atoms with E-state index in [1.807, 2.05) is 24.6 Å². The van der Waals surface area contributed by atoms with Crippen molar-refractivity contribution in [1.29, 1.82) is 0 Å². The van der Waals surface area contributed by atoms with Crippen LogP contribution in [0.5, 0.6) is 0 Å². The quantitative estimate of drug-likeness (QED) is 0.681. The molecule has 0 saturated heterocycles. The Bertz CT molecular complexity index is 632. The number of nitrogen functional groups attached to an aromatic ring is 1. The number of benzene rings is 1. The highest BCUT2D eigenvalue weighted by Crippen LogP contribution is 2.18. The molecular weight excluding hydrogens is 290 g/mol. The molecule has 0 aliphatic heterocycles. The van der Waals surface area contributed by atoms with E-state index in [0.29, 0.717) is 16.3 Å². The van der Waals surface area contributed by atoms with Gasteiger partial charge in [-0.2, -0.15) is 5.10 Å². The van der Waals surface area contributed by atoms with Crippen LogP contribution in [0.3, 0.4) is 0 Å². The Kier molecular flexibility index (Phi) is 4.85. The molecule has 2 rings (SSSR count). The number of carbonyl (C=O) groups excluding carboxylic acids is 1. The average molecular weight is 308 g/mol. The molecule has 2 N–H and O–H groups in total. The molecule has 0 amide bonds. The molecule has 1 heterocycles. The van der Waals surface area contributed by atoms with Crippen LogP contribution in [0, 0.1) is 0 Å². The fraction of sp³-hybridized carbons (Fsp3) is 0.333. The molecule has 0 saturated carbocycles. The second-order valence-corrected chi connectivity index (χ2v) is 5.08. The van der Waals surface area contributed by atoms with Crippen LogP contribution in [0.4, 0.5) is 5.69 Å². The molecule has 0 bridgehead atoms. The van der Waals surface area contributed by atoms with Crippen molar-refractivity contribution in [2.75, 3.05) is 5.73 Å². The number of aryl methyl sites for hydroxylation is 2. The lowest BCUT2D eigenvalue weighted by Crippen LogP contribution is -2.09. The minimum atomic E-state index is -0.453. The van der Waals surface area contributed by atoms with Crippen LogP contribution in [0.1, 0.15) is 35.6 Å². The minimum Gasteiger partial charge on any atom is -0.456 e. The number of hydrogen-bond donors (Lipinski definition) is 1. The maximum absolute atomic E-state index is 12.0. The molecule has 0 aliphatic rings. The topological polar surface area (TPSA) is 70.1 Å². The number of hydrogen-bond acceptors (Lipinski definition) is 4. The highest BCUT2D eigenvalue weighted by molar-refractivity contribution is 6.31. The number of carbonyl (C=O) groups is 1. The third kappa shape index (κ3) is 3.76. The zero-order chi connectivity index (χ0) is 15.4. The molecule has 1 aromatic heterocycles. The Morgan fingerprint density at radius 1 is 1.33 bits per heavy atom. The van der Waals surface area contributed by atoms with Crippen LogP contribution in [-0.2, 0) is 24.3 Å². The smallest absolute Gasteiger partial charge is 0.338 e. The fourth-order valence-electron chi connectivity index (χ4n) is 2.03. The van der Waals surface area contributed by atoms with Gasteiger partial charge in [0.2, 0.25) is 0 Å². The fourth-order valence-corrected chi connectivity index (χ4v) is 2.27. The van der Waals surface area contributed by atoms with Gasteiger partial charge < -0.3 is 10.5 Å². The predicted octanol–water partition coefficient (Wildman–Crippen LogP) is 3.06. The van der Waals surface area contributed by atoms with Gasteiger partial charge in [-0.15, -0.1) is 0 Å². The van der Waals surface area contributed by atoms with Crippen molar-refractivity contribution < 1.29 is 9.53 Å². The van der Waals surface area contributed by atoms with Gasteiger partial charge in [0, 0.05) is 17.3 Å². The van der Waals surface area contributed by atoms with Crippen molar-refractivity contribution in [3.05, 3.63) is 46.2 Å². The standard InChI is InChI=1S/C15H18ClN3O2/c1-3-13-8-14(19(4-2)18-13)9-21-15(20)10-5-11(16)7-12(17)6-10/h5-8H,3-4,9,17H2,1-2H3. The van der Waals surface area contributed by atoms with Crippen molar-refractivity contribution >= 4 is 23.3 Å². The summed E-state index contributed by atoms with van der Waals surface area (Å²) in [6, 6.07) is 6.61. The predicted molar refractivity (Wildman–Crippen MR) is 82.3 cm³/mol. The lowest BCUT2D eigenvalue weighted by molar-refractivity contribution is 0.0462. The summed E-state index contributed by atoms with van der Waals surface area (Å²) >= 11 is 5.88. The van der Waals surface area contributed by atoms with E-state index < -0.39 is 5.97 Å². The number of aromatic nitrogens is 2. The number of nitrogens with two attached hydrogens (primary N) is 1. The molecule has 5 nitrogen and oxygen atoms in total. The third-order valence-electron chi connectivity index (χ3n) is 3.08. The lowest BCUT2D eigenvalue weighted by atomic mass is 10.2. The molecule has 6 heteroatoms. The van der Waals surface area contributed by atoms with Crippen LogP contribution in [0.15, 0.2) is 24.3 Å². The van der Waals surface area contributed by atoms with Gasteiger partial charge in [0.1, 0.15) is 6.61 Å². The highest BCUT2D eigenvalue weighted by Gasteiger charge is 2.12.